The number of nitrogens with one attached hydrogen (secondary N) is 2. The molecule has 0 spiro atoms. The van der Waals surface area contributed by atoms with Crippen molar-refractivity contribution in [1.29, 1.82) is 0 Å². The van der Waals surface area contributed by atoms with Crippen molar-refractivity contribution >= 4 is 45.6 Å². The minimum atomic E-state index is -0.392. The lowest BCUT2D eigenvalue weighted by molar-refractivity contribution is 0.262. The number of amides is 2. The van der Waals surface area contributed by atoms with Crippen molar-refractivity contribution in [3.8, 4) is 11.9 Å². The Morgan fingerprint density at radius 3 is 2.77 bits per heavy atom. The molecule has 1 aromatic carbocycles. The van der Waals surface area contributed by atoms with Crippen LogP contribution in [0.3, 0.4) is 0 Å². The second kappa shape index (κ2) is 8.72. The van der Waals surface area contributed by atoms with Crippen LogP contribution in [0.1, 0.15) is 10.6 Å². The predicted octanol–water partition coefficient (Wildman–Crippen LogP) is 3.81. The van der Waals surface area contributed by atoms with E-state index in [1.54, 1.807) is 37.4 Å². The Morgan fingerprint density at radius 1 is 1.17 bits per heavy atom. The number of carbonyl (C=O) groups is 1. The maximum atomic E-state index is 12.3. The van der Waals surface area contributed by atoms with E-state index in [-0.39, 0.29) is 6.01 Å². The van der Waals surface area contributed by atoms with Crippen LogP contribution in [0, 0.1) is 0 Å². The van der Waals surface area contributed by atoms with Crippen LogP contribution in [0.2, 0.25) is 5.02 Å². The number of hydrogen-bond acceptors (Lipinski definition) is 8. The molecule has 156 valence electrons. The molecular formula is C19H19ClN6O3S. The quantitative estimate of drug-likeness (QED) is 0.614. The zero-order valence-corrected chi connectivity index (χ0v) is 17.9. The number of rotatable bonds is 5. The van der Waals surface area contributed by atoms with Crippen molar-refractivity contribution in [3.63, 3.8) is 0 Å². The van der Waals surface area contributed by atoms with Gasteiger partial charge in [-0.1, -0.05) is 35.1 Å². The summed E-state index contributed by atoms with van der Waals surface area (Å²) in [4.78, 5) is 28.6. The first-order chi connectivity index (χ1) is 14.6. The van der Waals surface area contributed by atoms with Crippen LogP contribution in [0.15, 0.2) is 30.3 Å². The maximum absolute atomic E-state index is 12.3. The van der Waals surface area contributed by atoms with Crippen molar-refractivity contribution in [2.75, 3.05) is 36.3 Å². The van der Waals surface area contributed by atoms with Crippen molar-refractivity contribution in [1.82, 2.24) is 15.0 Å². The number of carbonyl (C=O) groups excluding carboxylic acids is 1. The molecule has 2 amide bonds. The van der Waals surface area contributed by atoms with Gasteiger partial charge in [0.1, 0.15) is 5.82 Å². The zero-order valence-electron chi connectivity index (χ0n) is 16.3. The summed E-state index contributed by atoms with van der Waals surface area (Å²) in [7, 11) is 3.07. The van der Waals surface area contributed by atoms with Crippen LogP contribution in [-0.2, 0) is 13.0 Å². The number of ether oxygens (including phenoxy) is 2. The molecule has 3 heterocycles. The third kappa shape index (κ3) is 4.39. The highest BCUT2D eigenvalue weighted by atomic mass is 35.5. The Balaban J connectivity index is 1.46. The molecule has 0 radical (unpaired) electrons. The van der Waals surface area contributed by atoms with Crippen LogP contribution < -0.4 is 25.0 Å². The highest BCUT2D eigenvalue weighted by Gasteiger charge is 2.23. The number of para-hydroxylation sites is 1. The molecule has 0 atom stereocenters. The Morgan fingerprint density at radius 2 is 2.00 bits per heavy atom. The number of anilines is 3. The van der Waals surface area contributed by atoms with Crippen molar-refractivity contribution in [3.05, 3.63) is 45.9 Å². The van der Waals surface area contributed by atoms with Crippen LogP contribution in [0.5, 0.6) is 11.9 Å². The molecule has 3 aromatic rings. The topological polar surface area (TPSA) is 102 Å². The first-order valence-electron chi connectivity index (χ1n) is 9.09. The van der Waals surface area contributed by atoms with E-state index >= 15 is 0 Å². The Hall–Kier alpha value is -3.11. The number of aromatic nitrogens is 3. The van der Waals surface area contributed by atoms with Gasteiger partial charge in [0, 0.05) is 23.9 Å². The third-order valence-electron chi connectivity index (χ3n) is 4.46. The van der Waals surface area contributed by atoms with Crippen molar-refractivity contribution in [2.45, 2.75) is 13.0 Å². The van der Waals surface area contributed by atoms with Crippen LogP contribution in [-0.4, -0.2) is 41.7 Å². The Bertz CT molecular complexity index is 1050. The lowest BCUT2D eigenvalue weighted by Crippen LogP contribution is -2.30. The number of thiazole rings is 1. The molecular weight excluding hydrogens is 428 g/mol. The van der Waals surface area contributed by atoms with Crippen molar-refractivity contribution < 1.29 is 14.3 Å². The van der Waals surface area contributed by atoms with E-state index in [9.17, 15) is 4.79 Å². The van der Waals surface area contributed by atoms with Gasteiger partial charge < -0.3 is 19.7 Å². The first kappa shape index (κ1) is 20.2. The summed E-state index contributed by atoms with van der Waals surface area (Å²) in [5, 5.41) is 6.51. The monoisotopic (exact) mass is 446 g/mol. The van der Waals surface area contributed by atoms with Gasteiger partial charge in [-0.05, 0) is 12.1 Å². The fourth-order valence-corrected chi connectivity index (χ4v) is 4.21. The van der Waals surface area contributed by atoms with Gasteiger partial charge >= 0.3 is 12.0 Å². The zero-order chi connectivity index (χ0) is 21.1. The first-order valence-corrected chi connectivity index (χ1v) is 10.3. The van der Waals surface area contributed by atoms with Gasteiger partial charge in [-0.3, -0.25) is 5.32 Å². The van der Waals surface area contributed by atoms with E-state index in [4.69, 9.17) is 21.1 Å². The average molecular weight is 447 g/mol. The fraction of sp³-hybridized carbons (Fsp3) is 0.263. The summed E-state index contributed by atoms with van der Waals surface area (Å²) in [5.74, 6) is 1.15. The SMILES string of the molecule is COc1cc(N2CCc3nc(NC(=O)Nc4ccccc4Cl)sc3C2)nc(OC)n1. The van der Waals surface area contributed by atoms with Gasteiger partial charge in [-0.2, -0.15) is 9.97 Å². The molecule has 30 heavy (non-hydrogen) atoms. The molecule has 0 bridgehead atoms. The molecule has 1 aliphatic rings. The second-order valence-corrected chi connectivity index (χ2v) is 7.87. The van der Waals surface area contributed by atoms with Gasteiger partial charge in [0.15, 0.2) is 5.13 Å². The molecule has 2 N–H and O–H groups in total. The highest BCUT2D eigenvalue weighted by Crippen LogP contribution is 2.32. The second-order valence-electron chi connectivity index (χ2n) is 6.37. The standard InChI is InChI=1S/C19H19ClN6O3S/c1-28-16-9-15(23-18(24-16)29-2)26-8-7-13-14(10-26)30-19(22-13)25-17(27)21-12-6-4-3-5-11(12)20/h3-6,9H,7-8,10H2,1-2H3,(H2,21,22,25,27). The van der Waals surface area contributed by atoms with Gasteiger partial charge in [-0.15, -0.1) is 0 Å². The van der Waals surface area contributed by atoms with Crippen LogP contribution in [0.4, 0.5) is 21.4 Å². The highest BCUT2D eigenvalue weighted by molar-refractivity contribution is 7.15. The number of benzene rings is 1. The molecule has 2 aromatic heterocycles. The number of urea groups is 1. The summed E-state index contributed by atoms with van der Waals surface area (Å²) in [6.07, 6.45) is 0.730. The molecule has 1 aliphatic heterocycles. The van der Waals surface area contributed by atoms with Gasteiger partial charge in [0.05, 0.1) is 37.2 Å². The lowest BCUT2D eigenvalue weighted by atomic mass is 10.2. The van der Waals surface area contributed by atoms with Gasteiger partial charge in [-0.25, -0.2) is 9.78 Å². The van der Waals surface area contributed by atoms with Crippen LogP contribution in [0.25, 0.3) is 0 Å². The van der Waals surface area contributed by atoms with E-state index in [1.165, 1.54) is 18.4 Å². The minimum absolute atomic E-state index is 0.248. The summed E-state index contributed by atoms with van der Waals surface area (Å²) >= 11 is 7.52. The molecule has 0 saturated carbocycles. The largest absolute Gasteiger partial charge is 0.481 e. The van der Waals surface area contributed by atoms with Crippen molar-refractivity contribution in [2.24, 2.45) is 0 Å². The maximum Gasteiger partial charge on any atom is 0.325 e. The number of halogens is 1. The number of methoxy groups -OCH3 is 2. The molecule has 0 saturated heterocycles. The average Bonchev–Trinajstić information content (AvgIpc) is 3.16. The molecule has 4 rings (SSSR count). The van der Waals surface area contributed by atoms with E-state index < -0.39 is 6.03 Å². The summed E-state index contributed by atoms with van der Waals surface area (Å²) in [5.41, 5.74) is 1.51. The molecule has 0 aliphatic carbocycles. The number of hydrogen-bond donors (Lipinski definition) is 2. The van der Waals surface area contributed by atoms with E-state index in [1.807, 2.05) is 0 Å². The van der Waals surface area contributed by atoms with Crippen LogP contribution >= 0.6 is 22.9 Å². The normalized spacial score (nSPS) is 12.8. The Kier molecular flexibility index (Phi) is 5.86. The Labute approximate surface area is 182 Å². The smallest absolute Gasteiger partial charge is 0.325 e. The number of fused-ring (bicyclic) bond motifs is 1. The number of nitrogens with zero attached hydrogens (tertiary/aromatic N) is 4. The summed E-state index contributed by atoms with van der Waals surface area (Å²) < 4.78 is 10.4. The van der Waals surface area contributed by atoms with E-state index in [0.29, 0.717) is 34.1 Å². The molecule has 11 heteroatoms. The van der Waals surface area contributed by atoms with Gasteiger partial charge in [0.25, 0.3) is 0 Å². The fourth-order valence-electron chi connectivity index (χ4n) is 3.01. The molecule has 9 nitrogen and oxygen atoms in total. The third-order valence-corrected chi connectivity index (χ3v) is 5.79. The van der Waals surface area contributed by atoms with E-state index in [0.717, 1.165) is 23.5 Å². The molecule has 0 unspecified atom stereocenters. The molecule has 0 fully saturated rings. The lowest BCUT2D eigenvalue weighted by Gasteiger charge is -2.27. The summed E-state index contributed by atoms with van der Waals surface area (Å²) in [6, 6.07) is 8.67. The predicted molar refractivity (Wildman–Crippen MR) is 116 cm³/mol. The minimum Gasteiger partial charge on any atom is -0.481 e. The van der Waals surface area contributed by atoms with Gasteiger partial charge in [0.2, 0.25) is 5.88 Å². The van der Waals surface area contributed by atoms with E-state index in [2.05, 4.69) is 30.5 Å². The summed E-state index contributed by atoms with van der Waals surface area (Å²) in [6.45, 7) is 1.34.